The second kappa shape index (κ2) is 5.33. The minimum absolute atomic E-state index is 0.0178. The van der Waals surface area contributed by atoms with Crippen molar-refractivity contribution in [1.82, 2.24) is 9.55 Å². The average molecular weight is 343 g/mol. The molecule has 0 saturated heterocycles. The molecule has 0 bridgehead atoms. The van der Waals surface area contributed by atoms with Gasteiger partial charge in [-0.2, -0.15) is 0 Å². The van der Waals surface area contributed by atoms with E-state index in [0.717, 1.165) is 0 Å². The van der Waals surface area contributed by atoms with Crippen LogP contribution in [0.3, 0.4) is 0 Å². The molecule has 1 aromatic heterocycles. The number of nitrogens with zero attached hydrogens (tertiary/aromatic N) is 1. The van der Waals surface area contributed by atoms with E-state index in [9.17, 15) is 4.39 Å². The fraction of sp³-hybridized carbons (Fsp3) is 0.0714. The van der Waals surface area contributed by atoms with E-state index in [-0.39, 0.29) is 5.02 Å². The number of ether oxygens (including phenoxy) is 1. The molecular weight excluding hydrogens is 334 g/mol. The summed E-state index contributed by atoms with van der Waals surface area (Å²) in [6.07, 6.45) is 0. The fourth-order valence-corrected chi connectivity index (χ4v) is 2.80. The van der Waals surface area contributed by atoms with Gasteiger partial charge in [-0.25, -0.2) is 4.39 Å². The van der Waals surface area contributed by atoms with Crippen molar-refractivity contribution in [3.8, 4) is 11.4 Å². The van der Waals surface area contributed by atoms with Crippen molar-refractivity contribution in [2.24, 2.45) is 0 Å². The van der Waals surface area contributed by atoms with E-state index in [0.29, 0.717) is 32.3 Å². The maximum atomic E-state index is 13.5. The van der Waals surface area contributed by atoms with Gasteiger partial charge in [0.1, 0.15) is 11.6 Å². The molecule has 21 heavy (non-hydrogen) atoms. The fourth-order valence-electron chi connectivity index (χ4n) is 2.13. The lowest BCUT2D eigenvalue weighted by molar-refractivity contribution is 0.414. The van der Waals surface area contributed by atoms with E-state index in [2.05, 4.69) is 4.98 Å². The summed E-state index contributed by atoms with van der Waals surface area (Å²) < 4.78 is 20.8. The standard InChI is InChI=1S/C14H9Cl2FN2OS/c1-20-7-2-3-8(15)12(4-7)19-13-5-9(16)10(17)6-11(13)18-14(19)21/h2-6H,1H3,(H,18,21). The van der Waals surface area contributed by atoms with Crippen LogP contribution < -0.4 is 4.74 Å². The Morgan fingerprint density at radius 3 is 2.67 bits per heavy atom. The van der Waals surface area contributed by atoms with Crippen molar-refractivity contribution in [3.05, 3.63) is 51.0 Å². The van der Waals surface area contributed by atoms with Crippen LogP contribution in [0.15, 0.2) is 30.3 Å². The lowest BCUT2D eigenvalue weighted by Crippen LogP contribution is -1.96. The molecule has 0 radical (unpaired) electrons. The number of nitrogens with one attached hydrogen (secondary N) is 1. The zero-order valence-corrected chi connectivity index (χ0v) is 13.1. The zero-order valence-electron chi connectivity index (χ0n) is 10.8. The summed E-state index contributed by atoms with van der Waals surface area (Å²) in [6, 6.07) is 8.02. The minimum atomic E-state index is -0.510. The summed E-state index contributed by atoms with van der Waals surface area (Å²) >= 11 is 17.4. The topological polar surface area (TPSA) is 29.9 Å². The van der Waals surface area contributed by atoms with Gasteiger partial charge < -0.3 is 9.72 Å². The van der Waals surface area contributed by atoms with Crippen LogP contribution in [0.2, 0.25) is 10.0 Å². The van der Waals surface area contributed by atoms with Crippen LogP contribution in [-0.2, 0) is 0 Å². The highest BCUT2D eigenvalue weighted by Gasteiger charge is 2.13. The molecule has 0 amide bonds. The van der Waals surface area contributed by atoms with Crippen molar-refractivity contribution < 1.29 is 9.13 Å². The monoisotopic (exact) mass is 342 g/mol. The molecule has 2 aromatic carbocycles. The molecule has 0 unspecified atom stereocenters. The molecule has 108 valence electrons. The van der Waals surface area contributed by atoms with Crippen molar-refractivity contribution >= 4 is 46.5 Å². The molecule has 0 fully saturated rings. The van der Waals surface area contributed by atoms with Crippen molar-refractivity contribution in [2.45, 2.75) is 0 Å². The highest BCUT2D eigenvalue weighted by Crippen LogP contribution is 2.30. The molecule has 0 aliphatic carbocycles. The van der Waals surface area contributed by atoms with Crippen LogP contribution in [0.1, 0.15) is 0 Å². The van der Waals surface area contributed by atoms with E-state index in [1.54, 1.807) is 29.9 Å². The first-order valence-corrected chi connectivity index (χ1v) is 7.11. The third kappa shape index (κ3) is 2.41. The second-order valence-corrected chi connectivity index (χ2v) is 5.57. The lowest BCUT2D eigenvalue weighted by atomic mass is 10.2. The second-order valence-electron chi connectivity index (χ2n) is 4.37. The van der Waals surface area contributed by atoms with Crippen LogP contribution in [0.4, 0.5) is 4.39 Å². The molecule has 0 aliphatic rings. The van der Waals surface area contributed by atoms with Crippen LogP contribution in [0.25, 0.3) is 16.7 Å². The Bertz CT molecular complexity index is 904. The number of imidazole rings is 1. The Morgan fingerprint density at radius 2 is 1.95 bits per heavy atom. The molecule has 0 saturated carbocycles. The maximum Gasteiger partial charge on any atom is 0.182 e. The summed E-state index contributed by atoms with van der Waals surface area (Å²) in [6.45, 7) is 0. The minimum Gasteiger partial charge on any atom is -0.497 e. The van der Waals surface area contributed by atoms with E-state index < -0.39 is 5.82 Å². The van der Waals surface area contributed by atoms with Crippen molar-refractivity contribution in [2.75, 3.05) is 7.11 Å². The van der Waals surface area contributed by atoms with Gasteiger partial charge >= 0.3 is 0 Å². The summed E-state index contributed by atoms with van der Waals surface area (Å²) in [5.74, 6) is 0.128. The van der Waals surface area contributed by atoms with Gasteiger partial charge in [0.05, 0.1) is 33.9 Å². The third-order valence-corrected chi connectivity index (χ3v) is 4.01. The molecule has 7 heteroatoms. The van der Waals surface area contributed by atoms with Crippen LogP contribution in [0.5, 0.6) is 5.75 Å². The van der Waals surface area contributed by atoms with E-state index >= 15 is 0 Å². The van der Waals surface area contributed by atoms with Gasteiger partial charge in [-0.1, -0.05) is 23.2 Å². The molecule has 1 heterocycles. The van der Waals surface area contributed by atoms with Crippen LogP contribution in [0, 0.1) is 10.6 Å². The number of hydrogen-bond donors (Lipinski definition) is 1. The Hall–Kier alpha value is -1.56. The number of H-pyrrole nitrogens is 1. The number of halogens is 3. The SMILES string of the molecule is COc1ccc(Cl)c(-n2c(=S)[nH]c3cc(F)c(Cl)cc32)c1. The molecule has 0 atom stereocenters. The Labute approximate surface area is 134 Å². The van der Waals surface area contributed by atoms with Gasteiger partial charge in [-0.3, -0.25) is 4.57 Å². The number of hydrogen-bond acceptors (Lipinski definition) is 2. The van der Waals surface area contributed by atoms with E-state index in [1.807, 2.05) is 0 Å². The van der Waals surface area contributed by atoms with E-state index in [4.69, 9.17) is 40.2 Å². The molecule has 0 aliphatic heterocycles. The van der Waals surface area contributed by atoms with Crippen molar-refractivity contribution in [1.29, 1.82) is 0 Å². The number of fused-ring (bicyclic) bond motifs is 1. The van der Waals surface area contributed by atoms with Gasteiger partial charge in [0.15, 0.2) is 4.77 Å². The lowest BCUT2D eigenvalue weighted by Gasteiger charge is -2.09. The zero-order chi connectivity index (χ0) is 15.1. The number of benzene rings is 2. The smallest absolute Gasteiger partial charge is 0.182 e. The summed E-state index contributed by atoms with van der Waals surface area (Å²) in [4.78, 5) is 2.94. The van der Waals surface area contributed by atoms with Crippen molar-refractivity contribution in [3.63, 3.8) is 0 Å². The van der Waals surface area contributed by atoms with Gasteiger partial charge in [0.2, 0.25) is 0 Å². The van der Waals surface area contributed by atoms with Gasteiger partial charge in [0.25, 0.3) is 0 Å². The number of rotatable bonds is 2. The van der Waals surface area contributed by atoms with Gasteiger partial charge in [-0.05, 0) is 30.4 Å². The number of aromatic amines is 1. The Balaban J connectivity index is 2.37. The molecular formula is C14H9Cl2FN2OS. The molecule has 3 nitrogen and oxygen atoms in total. The largest absolute Gasteiger partial charge is 0.497 e. The van der Waals surface area contributed by atoms with Gasteiger partial charge in [0, 0.05) is 12.1 Å². The molecule has 1 N–H and O–H groups in total. The quantitative estimate of drug-likeness (QED) is 0.653. The van der Waals surface area contributed by atoms with Crippen LogP contribution >= 0.6 is 35.4 Å². The predicted molar refractivity (Wildman–Crippen MR) is 85.0 cm³/mol. The first-order chi connectivity index (χ1) is 10.0. The summed E-state index contributed by atoms with van der Waals surface area (Å²) in [5.41, 5.74) is 1.82. The predicted octanol–water partition coefficient (Wildman–Crippen LogP) is 5.14. The van der Waals surface area contributed by atoms with Gasteiger partial charge in [-0.15, -0.1) is 0 Å². The Kier molecular flexibility index (Phi) is 3.65. The Morgan fingerprint density at radius 1 is 1.19 bits per heavy atom. The highest BCUT2D eigenvalue weighted by atomic mass is 35.5. The molecule has 3 rings (SSSR count). The molecule has 0 spiro atoms. The first-order valence-electron chi connectivity index (χ1n) is 5.95. The first kappa shape index (κ1) is 14.4. The summed E-state index contributed by atoms with van der Waals surface area (Å²) in [5, 5.41) is 0.512. The third-order valence-electron chi connectivity index (χ3n) is 3.12. The maximum absolute atomic E-state index is 13.5. The molecule has 3 aromatic rings. The van der Waals surface area contributed by atoms with Crippen LogP contribution in [-0.4, -0.2) is 16.7 Å². The normalized spacial score (nSPS) is 11.0. The number of aromatic nitrogens is 2. The average Bonchev–Trinajstić information content (AvgIpc) is 2.75. The highest BCUT2D eigenvalue weighted by molar-refractivity contribution is 7.71. The van der Waals surface area contributed by atoms with E-state index in [1.165, 1.54) is 12.1 Å². The summed E-state index contributed by atoms with van der Waals surface area (Å²) in [7, 11) is 1.56. The number of methoxy groups -OCH3 is 1.